The number of aromatic amines is 1. The van der Waals surface area contributed by atoms with Gasteiger partial charge < -0.3 is 4.90 Å². The smallest absolute Gasteiger partial charge is 0.274 e. The summed E-state index contributed by atoms with van der Waals surface area (Å²) in [6.45, 7) is 2.22. The van der Waals surface area contributed by atoms with E-state index in [9.17, 15) is 18.0 Å². The van der Waals surface area contributed by atoms with E-state index >= 15 is 0 Å². The zero-order valence-corrected chi connectivity index (χ0v) is 19.1. The predicted octanol–water partition coefficient (Wildman–Crippen LogP) is 2.02. The van der Waals surface area contributed by atoms with Gasteiger partial charge in [-0.1, -0.05) is 29.3 Å². The molecule has 1 aliphatic rings. The van der Waals surface area contributed by atoms with E-state index in [4.69, 9.17) is 23.2 Å². The Bertz CT molecular complexity index is 1340. The molecule has 1 saturated heterocycles. The molecule has 1 aromatic carbocycles. The Hall–Kier alpha value is -2.40. The van der Waals surface area contributed by atoms with E-state index < -0.39 is 15.6 Å². The molecule has 4 rings (SSSR count). The van der Waals surface area contributed by atoms with Gasteiger partial charge in [-0.3, -0.25) is 19.4 Å². The Morgan fingerprint density at radius 2 is 1.74 bits per heavy atom. The number of hydrogen-bond donors (Lipinski definition) is 1. The molecule has 9 nitrogen and oxygen atoms in total. The number of nitrogens with one attached hydrogen (secondary N) is 1. The van der Waals surface area contributed by atoms with Crippen molar-refractivity contribution in [3.63, 3.8) is 0 Å². The fourth-order valence-corrected chi connectivity index (χ4v) is 6.23. The molecule has 1 aliphatic heterocycles. The highest BCUT2D eigenvalue weighted by Gasteiger charge is 2.34. The quantitative estimate of drug-likeness (QED) is 0.612. The van der Waals surface area contributed by atoms with Gasteiger partial charge in [0.05, 0.1) is 21.0 Å². The molecule has 1 amide bonds. The number of rotatable bonds is 3. The minimum atomic E-state index is -3.92. The zero-order chi connectivity index (χ0) is 22.5. The van der Waals surface area contributed by atoms with E-state index in [1.165, 1.54) is 26.0 Å². The first-order chi connectivity index (χ1) is 14.6. The molecule has 164 valence electrons. The molecule has 3 aromatic rings. The third-order valence-corrected chi connectivity index (χ3v) is 8.07. The maximum absolute atomic E-state index is 13.2. The van der Waals surface area contributed by atoms with Crippen molar-refractivity contribution < 1.29 is 13.2 Å². The molecule has 1 N–H and O–H groups in total. The maximum Gasteiger partial charge on any atom is 0.274 e. The van der Waals surface area contributed by atoms with E-state index in [0.717, 1.165) is 0 Å². The fourth-order valence-electron chi connectivity index (χ4n) is 3.71. The third-order valence-electron chi connectivity index (χ3n) is 5.22. The summed E-state index contributed by atoms with van der Waals surface area (Å²) in [5, 5.41) is 2.92. The largest absolute Gasteiger partial charge is 0.336 e. The van der Waals surface area contributed by atoms with Gasteiger partial charge >= 0.3 is 0 Å². The van der Waals surface area contributed by atoms with Crippen LogP contribution in [0.5, 0.6) is 0 Å². The first-order valence-corrected chi connectivity index (χ1v) is 11.6. The topological polar surface area (TPSA) is 108 Å². The number of sulfonamides is 1. The van der Waals surface area contributed by atoms with Crippen molar-refractivity contribution in [2.24, 2.45) is 7.05 Å². The molecule has 0 bridgehead atoms. The lowest BCUT2D eigenvalue weighted by Gasteiger charge is -2.34. The van der Waals surface area contributed by atoms with Crippen LogP contribution in [-0.4, -0.2) is 64.5 Å². The molecule has 0 radical (unpaired) electrons. The Morgan fingerprint density at radius 1 is 1.13 bits per heavy atom. The second-order valence-electron chi connectivity index (χ2n) is 7.26. The number of nitrogens with zero attached hydrogens (tertiary/aromatic N) is 4. The number of piperazine rings is 1. The maximum atomic E-state index is 13.2. The summed E-state index contributed by atoms with van der Waals surface area (Å²) in [6.07, 6.45) is 0. The Balaban J connectivity index is 1.59. The Kier molecular flexibility index (Phi) is 5.59. The van der Waals surface area contributed by atoms with Crippen LogP contribution in [0.15, 0.2) is 34.0 Å². The number of benzene rings is 1. The van der Waals surface area contributed by atoms with Crippen LogP contribution in [0, 0.1) is 6.92 Å². The van der Waals surface area contributed by atoms with E-state index in [0.29, 0.717) is 11.3 Å². The lowest BCUT2D eigenvalue weighted by Crippen LogP contribution is -2.50. The van der Waals surface area contributed by atoms with Crippen molar-refractivity contribution in [3.05, 3.63) is 55.9 Å². The standard InChI is InChI=1S/C19H19Cl2N5O4S/c1-11-10-12(15-17(22-11)24(2)23-18(15)27)19(28)25-6-8-26(9-7-25)31(29,30)16-13(20)4-3-5-14(16)21/h3-5,10H,6-9H2,1-2H3,(H,23,27). The lowest BCUT2D eigenvalue weighted by molar-refractivity contribution is 0.0699. The fraction of sp³-hybridized carbons (Fsp3) is 0.316. The number of H-pyrrole nitrogens is 1. The van der Waals surface area contributed by atoms with Gasteiger partial charge in [0, 0.05) is 38.9 Å². The van der Waals surface area contributed by atoms with E-state index in [1.807, 2.05) is 0 Å². The van der Waals surface area contributed by atoms with Gasteiger partial charge in [-0.2, -0.15) is 4.31 Å². The predicted molar refractivity (Wildman–Crippen MR) is 117 cm³/mol. The minimum absolute atomic E-state index is 0.0453. The molecule has 0 unspecified atom stereocenters. The van der Waals surface area contributed by atoms with Crippen molar-refractivity contribution in [2.45, 2.75) is 11.8 Å². The van der Waals surface area contributed by atoms with E-state index in [2.05, 4.69) is 10.1 Å². The number of aryl methyl sites for hydroxylation is 2. The second kappa shape index (κ2) is 7.94. The SMILES string of the molecule is Cc1cc(C(=O)N2CCN(S(=O)(=O)c3c(Cl)cccc3Cl)CC2)c2c(=O)[nH]n(C)c2n1. The van der Waals surface area contributed by atoms with Crippen LogP contribution < -0.4 is 5.56 Å². The summed E-state index contributed by atoms with van der Waals surface area (Å²) in [5.74, 6) is -0.347. The highest BCUT2D eigenvalue weighted by atomic mass is 35.5. The van der Waals surface area contributed by atoms with Crippen molar-refractivity contribution in [2.75, 3.05) is 26.2 Å². The van der Waals surface area contributed by atoms with E-state index in [-0.39, 0.29) is 58.0 Å². The number of amides is 1. The highest BCUT2D eigenvalue weighted by Crippen LogP contribution is 2.32. The molecule has 31 heavy (non-hydrogen) atoms. The summed E-state index contributed by atoms with van der Waals surface area (Å²) < 4.78 is 28.8. The normalized spacial score (nSPS) is 15.5. The summed E-state index contributed by atoms with van der Waals surface area (Å²) in [4.78, 5) is 31.2. The summed E-state index contributed by atoms with van der Waals surface area (Å²) in [7, 11) is -2.27. The molecule has 0 aliphatic carbocycles. The number of halogens is 2. The van der Waals surface area contributed by atoms with Crippen LogP contribution in [0.25, 0.3) is 11.0 Å². The second-order valence-corrected chi connectivity index (χ2v) is 9.95. The van der Waals surface area contributed by atoms with Crippen molar-refractivity contribution in [3.8, 4) is 0 Å². The van der Waals surface area contributed by atoms with Crippen LogP contribution in [0.3, 0.4) is 0 Å². The minimum Gasteiger partial charge on any atom is -0.336 e. The number of pyridine rings is 1. The Labute approximate surface area is 188 Å². The highest BCUT2D eigenvalue weighted by molar-refractivity contribution is 7.89. The first-order valence-electron chi connectivity index (χ1n) is 9.41. The molecule has 12 heteroatoms. The number of carbonyl (C=O) groups excluding carboxylic acids is 1. The molecule has 3 heterocycles. The number of carbonyl (C=O) groups is 1. The van der Waals surface area contributed by atoms with Crippen LogP contribution in [0.1, 0.15) is 16.1 Å². The van der Waals surface area contributed by atoms with Crippen LogP contribution in [0.2, 0.25) is 10.0 Å². The van der Waals surface area contributed by atoms with Crippen LogP contribution in [0.4, 0.5) is 0 Å². The zero-order valence-electron chi connectivity index (χ0n) is 16.7. The van der Waals surface area contributed by atoms with Crippen molar-refractivity contribution in [1.82, 2.24) is 24.0 Å². The summed E-state index contributed by atoms with van der Waals surface area (Å²) in [6, 6.07) is 6.08. The summed E-state index contributed by atoms with van der Waals surface area (Å²) >= 11 is 12.2. The molecule has 2 aromatic heterocycles. The van der Waals surface area contributed by atoms with Crippen LogP contribution in [-0.2, 0) is 17.1 Å². The van der Waals surface area contributed by atoms with Gasteiger partial charge in [-0.15, -0.1) is 0 Å². The number of fused-ring (bicyclic) bond motifs is 1. The van der Waals surface area contributed by atoms with Gasteiger partial charge in [-0.05, 0) is 25.1 Å². The average molecular weight is 484 g/mol. The average Bonchev–Trinajstić information content (AvgIpc) is 3.00. The molecular weight excluding hydrogens is 465 g/mol. The number of hydrogen-bond acceptors (Lipinski definition) is 5. The Morgan fingerprint density at radius 3 is 2.35 bits per heavy atom. The van der Waals surface area contributed by atoms with Gasteiger partial charge in [0.2, 0.25) is 10.0 Å². The third kappa shape index (κ3) is 3.73. The number of aromatic nitrogens is 3. The summed E-state index contributed by atoms with van der Waals surface area (Å²) in [5.41, 5.74) is 0.834. The lowest BCUT2D eigenvalue weighted by atomic mass is 10.1. The van der Waals surface area contributed by atoms with Crippen LogP contribution >= 0.6 is 23.2 Å². The van der Waals surface area contributed by atoms with Gasteiger partial charge in [0.15, 0.2) is 5.65 Å². The molecular formula is C19H19Cl2N5O4S. The molecule has 0 saturated carbocycles. The first kappa shape index (κ1) is 21.8. The van der Waals surface area contributed by atoms with Gasteiger partial charge in [0.25, 0.3) is 11.5 Å². The van der Waals surface area contributed by atoms with E-state index in [1.54, 1.807) is 26.1 Å². The molecule has 1 fully saturated rings. The molecule has 0 atom stereocenters. The van der Waals surface area contributed by atoms with Gasteiger partial charge in [0.1, 0.15) is 4.90 Å². The van der Waals surface area contributed by atoms with Gasteiger partial charge in [-0.25, -0.2) is 13.4 Å². The van der Waals surface area contributed by atoms with Crippen molar-refractivity contribution in [1.29, 1.82) is 0 Å². The molecule has 0 spiro atoms. The van der Waals surface area contributed by atoms with Crippen molar-refractivity contribution >= 4 is 50.2 Å². The monoisotopic (exact) mass is 483 g/mol.